The van der Waals surface area contributed by atoms with Gasteiger partial charge in [-0.05, 0) is 25.0 Å². The van der Waals surface area contributed by atoms with Gasteiger partial charge in [-0.15, -0.1) is 5.10 Å². The summed E-state index contributed by atoms with van der Waals surface area (Å²) >= 11 is 0. The summed E-state index contributed by atoms with van der Waals surface area (Å²) < 4.78 is 10.9. The van der Waals surface area contributed by atoms with E-state index in [0.717, 1.165) is 42.8 Å². The number of carbonyl (C=O) groups excluding carboxylic acids is 1. The average Bonchev–Trinajstić information content (AvgIpc) is 3.27. The molecule has 0 radical (unpaired) electrons. The SMILES string of the molecule is O=C(NCC1CCCN1c1cccnn1)c1occ2c1CCOC2. The van der Waals surface area contributed by atoms with Crippen LogP contribution in [-0.4, -0.2) is 41.8 Å². The van der Waals surface area contributed by atoms with Gasteiger partial charge in [-0.2, -0.15) is 5.10 Å². The van der Waals surface area contributed by atoms with Crippen molar-refractivity contribution in [3.05, 3.63) is 41.5 Å². The highest BCUT2D eigenvalue weighted by Gasteiger charge is 2.28. The molecule has 1 amide bonds. The first kappa shape index (κ1) is 15.1. The molecule has 1 unspecified atom stereocenters. The normalized spacial score (nSPS) is 20.0. The maximum atomic E-state index is 12.5. The fourth-order valence-corrected chi connectivity index (χ4v) is 3.45. The van der Waals surface area contributed by atoms with E-state index in [2.05, 4.69) is 20.4 Å². The summed E-state index contributed by atoms with van der Waals surface area (Å²) in [5.74, 6) is 1.14. The first-order valence-electron chi connectivity index (χ1n) is 8.32. The zero-order valence-corrected chi connectivity index (χ0v) is 13.4. The molecule has 7 heteroatoms. The molecule has 1 saturated heterocycles. The van der Waals surface area contributed by atoms with Crippen LogP contribution in [0.3, 0.4) is 0 Å². The van der Waals surface area contributed by atoms with Gasteiger partial charge in [-0.25, -0.2) is 0 Å². The molecule has 2 aromatic heterocycles. The number of carbonyl (C=O) groups is 1. The Morgan fingerprint density at radius 1 is 1.46 bits per heavy atom. The summed E-state index contributed by atoms with van der Waals surface area (Å²) in [6.07, 6.45) is 6.14. The number of fused-ring (bicyclic) bond motifs is 1. The molecule has 4 rings (SSSR count). The third-order valence-corrected chi connectivity index (χ3v) is 4.67. The lowest BCUT2D eigenvalue weighted by Gasteiger charge is -2.25. The van der Waals surface area contributed by atoms with E-state index in [0.29, 0.717) is 25.5 Å². The number of furan rings is 1. The van der Waals surface area contributed by atoms with Gasteiger partial charge in [-0.3, -0.25) is 4.79 Å². The van der Waals surface area contributed by atoms with Crippen molar-refractivity contribution in [2.75, 3.05) is 24.6 Å². The second kappa shape index (κ2) is 6.60. The first-order valence-corrected chi connectivity index (χ1v) is 8.32. The minimum absolute atomic E-state index is 0.149. The molecule has 7 nitrogen and oxygen atoms in total. The summed E-state index contributed by atoms with van der Waals surface area (Å²) in [6, 6.07) is 4.07. The van der Waals surface area contributed by atoms with Gasteiger partial charge >= 0.3 is 0 Å². The van der Waals surface area contributed by atoms with Gasteiger partial charge in [0.2, 0.25) is 0 Å². The first-order chi connectivity index (χ1) is 11.8. The van der Waals surface area contributed by atoms with E-state index in [9.17, 15) is 4.79 Å². The number of aromatic nitrogens is 2. The Morgan fingerprint density at radius 3 is 3.29 bits per heavy atom. The van der Waals surface area contributed by atoms with E-state index in [4.69, 9.17) is 9.15 Å². The van der Waals surface area contributed by atoms with E-state index in [1.165, 1.54) is 0 Å². The molecule has 0 bridgehead atoms. The molecule has 0 aliphatic carbocycles. The van der Waals surface area contributed by atoms with Crippen LogP contribution in [0.25, 0.3) is 0 Å². The number of anilines is 1. The average molecular weight is 328 g/mol. The summed E-state index contributed by atoms with van der Waals surface area (Å²) in [5, 5.41) is 11.1. The van der Waals surface area contributed by atoms with E-state index in [1.54, 1.807) is 12.5 Å². The van der Waals surface area contributed by atoms with E-state index >= 15 is 0 Å². The topological polar surface area (TPSA) is 80.5 Å². The van der Waals surface area contributed by atoms with Crippen LogP contribution in [0.4, 0.5) is 5.82 Å². The van der Waals surface area contributed by atoms with Crippen LogP contribution >= 0.6 is 0 Å². The Kier molecular flexibility index (Phi) is 4.17. The predicted octanol–water partition coefficient (Wildman–Crippen LogP) is 1.54. The van der Waals surface area contributed by atoms with Crippen LogP contribution in [0, 0.1) is 0 Å². The zero-order chi connectivity index (χ0) is 16.4. The Morgan fingerprint density at radius 2 is 2.42 bits per heavy atom. The van der Waals surface area contributed by atoms with Gasteiger partial charge in [0, 0.05) is 42.9 Å². The molecule has 126 valence electrons. The van der Waals surface area contributed by atoms with Crippen LogP contribution < -0.4 is 10.2 Å². The predicted molar refractivity (Wildman–Crippen MR) is 86.8 cm³/mol. The summed E-state index contributed by atoms with van der Waals surface area (Å²) in [7, 11) is 0. The Bertz CT molecular complexity index is 716. The van der Waals surface area contributed by atoms with Gasteiger partial charge in [-0.1, -0.05) is 0 Å². The van der Waals surface area contributed by atoms with Crippen LogP contribution in [-0.2, 0) is 17.8 Å². The zero-order valence-electron chi connectivity index (χ0n) is 13.4. The fourth-order valence-electron chi connectivity index (χ4n) is 3.45. The lowest BCUT2D eigenvalue weighted by molar-refractivity contribution is 0.0917. The molecule has 0 spiro atoms. The third-order valence-electron chi connectivity index (χ3n) is 4.67. The number of ether oxygens (including phenoxy) is 1. The number of nitrogens with zero attached hydrogens (tertiary/aromatic N) is 3. The van der Waals surface area contributed by atoms with E-state index in [1.807, 2.05) is 12.1 Å². The summed E-state index contributed by atoms with van der Waals surface area (Å²) in [5.41, 5.74) is 1.96. The van der Waals surface area contributed by atoms with E-state index in [-0.39, 0.29) is 11.9 Å². The Hall–Kier alpha value is -2.41. The van der Waals surface area contributed by atoms with Crippen molar-refractivity contribution in [2.45, 2.75) is 31.9 Å². The summed E-state index contributed by atoms with van der Waals surface area (Å²) in [4.78, 5) is 14.7. The Labute approximate surface area is 140 Å². The maximum Gasteiger partial charge on any atom is 0.287 e. The van der Waals surface area contributed by atoms with Crippen molar-refractivity contribution in [3.63, 3.8) is 0 Å². The van der Waals surface area contributed by atoms with Gasteiger partial charge < -0.3 is 19.4 Å². The fraction of sp³-hybridized carbons (Fsp3) is 0.471. The lowest BCUT2D eigenvalue weighted by atomic mass is 10.1. The minimum atomic E-state index is -0.149. The molecular weight excluding hydrogens is 308 g/mol. The maximum absolute atomic E-state index is 12.5. The number of rotatable bonds is 4. The van der Waals surface area contributed by atoms with Crippen LogP contribution in [0.5, 0.6) is 0 Å². The quantitative estimate of drug-likeness (QED) is 0.917. The molecule has 2 aliphatic rings. The van der Waals surface area contributed by atoms with Crippen molar-refractivity contribution < 1.29 is 13.9 Å². The molecule has 24 heavy (non-hydrogen) atoms. The monoisotopic (exact) mass is 328 g/mol. The van der Waals surface area contributed by atoms with Crippen molar-refractivity contribution in [2.24, 2.45) is 0 Å². The largest absolute Gasteiger partial charge is 0.459 e. The van der Waals surface area contributed by atoms with Crippen molar-refractivity contribution in [1.29, 1.82) is 0 Å². The highest BCUT2D eigenvalue weighted by Crippen LogP contribution is 2.24. The number of amides is 1. The molecule has 0 aromatic carbocycles. The van der Waals surface area contributed by atoms with Crippen molar-refractivity contribution >= 4 is 11.7 Å². The summed E-state index contributed by atoms with van der Waals surface area (Å²) in [6.45, 7) is 2.67. The standard InChI is InChI=1S/C17H20N4O3/c22-17(16-14-5-8-23-10-12(14)11-24-16)18-9-13-3-2-7-21(13)15-4-1-6-19-20-15/h1,4,6,11,13H,2-3,5,7-10H2,(H,18,22). The smallest absolute Gasteiger partial charge is 0.287 e. The second-order valence-corrected chi connectivity index (χ2v) is 6.15. The molecule has 1 atom stereocenters. The van der Waals surface area contributed by atoms with Crippen LogP contribution in [0.1, 0.15) is 34.5 Å². The van der Waals surface area contributed by atoms with Gasteiger partial charge in [0.1, 0.15) is 0 Å². The van der Waals surface area contributed by atoms with Crippen molar-refractivity contribution in [3.8, 4) is 0 Å². The van der Waals surface area contributed by atoms with Gasteiger partial charge in [0.25, 0.3) is 5.91 Å². The number of nitrogens with one attached hydrogen (secondary N) is 1. The molecule has 0 saturated carbocycles. The highest BCUT2D eigenvalue weighted by atomic mass is 16.5. The molecular formula is C17H20N4O3. The highest BCUT2D eigenvalue weighted by molar-refractivity contribution is 5.93. The van der Waals surface area contributed by atoms with Crippen LogP contribution in [0.2, 0.25) is 0 Å². The third kappa shape index (κ3) is 2.87. The molecule has 2 aliphatic heterocycles. The Balaban J connectivity index is 1.41. The molecule has 1 N–H and O–H groups in total. The molecule has 1 fully saturated rings. The molecule has 4 heterocycles. The number of hydrogen-bond acceptors (Lipinski definition) is 6. The minimum Gasteiger partial charge on any atom is -0.459 e. The number of hydrogen-bond donors (Lipinski definition) is 1. The lowest BCUT2D eigenvalue weighted by Crippen LogP contribution is -2.40. The van der Waals surface area contributed by atoms with Gasteiger partial charge in [0.05, 0.1) is 19.5 Å². The van der Waals surface area contributed by atoms with Crippen LogP contribution in [0.15, 0.2) is 29.0 Å². The van der Waals surface area contributed by atoms with Gasteiger partial charge in [0.15, 0.2) is 11.6 Å². The van der Waals surface area contributed by atoms with E-state index < -0.39 is 0 Å². The van der Waals surface area contributed by atoms with Crippen molar-refractivity contribution in [1.82, 2.24) is 15.5 Å². The second-order valence-electron chi connectivity index (χ2n) is 6.15. The molecule has 2 aromatic rings.